The van der Waals surface area contributed by atoms with Crippen LogP contribution in [0.3, 0.4) is 0 Å². The lowest BCUT2D eigenvalue weighted by molar-refractivity contribution is -0.131. The second kappa shape index (κ2) is 5.78. The van der Waals surface area contributed by atoms with Crippen molar-refractivity contribution in [3.63, 3.8) is 0 Å². The van der Waals surface area contributed by atoms with Crippen molar-refractivity contribution in [2.75, 3.05) is 6.67 Å². The average molecular weight is 325 g/mol. The van der Waals surface area contributed by atoms with Gasteiger partial charge in [0.1, 0.15) is 11.8 Å². The van der Waals surface area contributed by atoms with Gasteiger partial charge in [0, 0.05) is 6.07 Å². The van der Waals surface area contributed by atoms with Gasteiger partial charge in [0.25, 0.3) is 0 Å². The van der Waals surface area contributed by atoms with Crippen LogP contribution in [0.25, 0.3) is 0 Å². The van der Waals surface area contributed by atoms with E-state index < -0.39 is 17.1 Å². The predicted molar refractivity (Wildman–Crippen MR) is 67.4 cm³/mol. The Morgan fingerprint density at radius 1 is 1.65 bits per heavy atom. The number of ether oxygens (including phenoxy) is 1. The van der Waals surface area contributed by atoms with Crippen LogP contribution >= 0.6 is 27.5 Å². The summed E-state index contributed by atoms with van der Waals surface area (Å²) in [6, 6.07) is 4.80. The highest BCUT2D eigenvalue weighted by Gasteiger charge is 2.34. The normalized spacial score (nSPS) is 13.2. The first-order chi connectivity index (χ1) is 7.86. The summed E-state index contributed by atoms with van der Waals surface area (Å²) in [5.74, 6) is -0.177. The standard InChI is InChI=1S/C11H12BrClFNO2/c1-11(2,6-14)9(16)10(12)17-8-5-3-4-7(13)15-8/h3-5,10H,6H2,1-2H3. The Kier molecular flexibility index (Phi) is 4.89. The number of carbonyl (C=O) groups excluding carboxylic acids is 1. The zero-order valence-corrected chi connectivity index (χ0v) is 11.8. The van der Waals surface area contributed by atoms with Gasteiger partial charge in [-0.2, -0.15) is 0 Å². The maximum absolute atomic E-state index is 12.7. The van der Waals surface area contributed by atoms with E-state index in [9.17, 15) is 9.18 Å². The minimum Gasteiger partial charge on any atom is -0.454 e. The minimum atomic E-state index is -1.09. The Bertz CT molecular complexity index is 414. The fourth-order valence-electron chi connectivity index (χ4n) is 0.988. The first-order valence-corrected chi connectivity index (χ1v) is 6.20. The van der Waals surface area contributed by atoms with Gasteiger partial charge >= 0.3 is 0 Å². The third kappa shape index (κ3) is 3.92. The van der Waals surface area contributed by atoms with Crippen molar-refractivity contribution in [1.29, 1.82) is 0 Å². The Hall–Kier alpha value is -0.680. The molecular formula is C11H12BrClFNO2. The molecule has 1 aromatic heterocycles. The van der Waals surface area contributed by atoms with Gasteiger partial charge in [-0.3, -0.25) is 9.18 Å². The molecule has 0 bridgehead atoms. The molecule has 1 unspecified atom stereocenters. The Labute approximate surface area is 112 Å². The molecule has 0 amide bonds. The number of Topliss-reactive ketones (excluding diaryl/α,β-unsaturated/α-hetero) is 1. The summed E-state index contributed by atoms with van der Waals surface area (Å²) in [6.45, 7) is 2.27. The summed E-state index contributed by atoms with van der Waals surface area (Å²) in [5, 5.41) is -0.682. The molecule has 94 valence electrons. The van der Waals surface area contributed by atoms with Crippen molar-refractivity contribution in [3.05, 3.63) is 23.4 Å². The summed E-state index contributed by atoms with van der Waals surface area (Å²) >= 11 is 8.73. The molecule has 0 aliphatic carbocycles. The monoisotopic (exact) mass is 323 g/mol. The summed E-state index contributed by atoms with van der Waals surface area (Å²) in [6.07, 6.45) is 0. The summed E-state index contributed by atoms with van der Waals surface area (Å²) in [4.78, 5) is 15.7. The number of rotatable bonds is 5. The molecule has 0 N–H and O–H groups in total. The van der Waals surface area contributed by atoms with Crippen LogP contribution in [-0.2, 0) is 4.79 Å². The van der Waals surface area contributed by atoms with Gasteiger partial charge in [-0.15, -0.1) is 0 Å². The topological polar surface area (TPSA) is 39.2 Å². The molecule has 6 heteroatoms. The molecule has 0 spiro atoms. The fourth-order valence-corrected chi connectivity index (χ4v) is 1.96. The summed E-state index contributed by atoms with van der Waals surface area (Å²) in [7, 11) is 0. The van der Waals surface area contributed by atoms with Crippen molar-refractivity contribution >= 4 is 33.3 Å². The van der Waals surface area contributed by atoms with E-state index in [1.807, 2.05) is 0 Å². The molecule has 3 nitrogen and oxygen atoms in total. The zero-order valence-electron chi connectivity index (χ0n) is 9.41. The molecule has 0 aliphatic heterocycles. The van der Waals surface area contributed by atoms with Crippen molar-refractivity contribution in [1.82, 2.24) is 4.98 Å². The number of aromatic nitrogens is 1. The van der Waals surface area contributed by atoms with Gasteiger partial charge in [0.15, 0.2) is 5.78 Å². The Morgan fingerprint density at radius 3 is 2.82 bits per heavy atom. The number of halogens is 3. The Balaban J connectivity index is 2.73. The van der Waals surface area contributed by atoms with Gasteiger partial charge in [-0.25, -0.2) is 4.98 Å². The van der Waals surface area contributed by atoms with Gasteiger partial charge in [0.2, 0.25) is 10.9 Å². The minimum absolute atomic E-state index is 0.211. The van der Waals surface area contributed by atoms with E-state index in [4.69, 9.17) is 16.3 Å². The van der Waals surface area contributed by atoms with Gasteiger partial charge in [-0.05, 0) is 22.0 Å². The number of alkyl halides is 2. The van der Waals surface area contributed by atoms with Crippen LogP contribution in [0.15, 0.2) is 18.2 Å². The average Bonchev–Trinajstić information content (AvgIpc) is 2.28. The lowest BCUT2D eigenvalue weighted by Gasteiger charge is -2.22. The highest BCUT2D eigenvalue weighted by Crippen LogP contribution is 2.24. The third-order valence-electron chi connectivity index (χ3n) is 2.12. The van der Waals surface area contributed by atoms with Crippen LogP contribution in [-0.4, -0.2) is 22.5 Å². The van der Waals surface area contributed by atoms with E-state index in [0.29, 0.717) is 0 Å². The zero-order chi connectivity index (χ0) is 13.1. The molecule has 0 saturated heterocycles. The van der Waals surface area contributed by atoms with E-state index in [0.717, 1.165) is 0 Å². The SMILES string of the molecule is CC(C)(CF)C(=O)C(Br)Oc1cccc(Cl)n1. The van der Waals surface area contributed by atoms with Gasteiger partial charge < -0.3 is 4.74 Å². The highest BCUT2D eigenvalue weighted by atomic mass is 79.9. The number of pyridine rings is 1. The van der Waals surface area contributed by atoms with Crippen molar-refractivity contribution in [2.24, 2.45) is 5.41 Å². The molecule has 1 atom stereocenters. The number of carbonyl (C=O) groups is 1. The number of hydrogen-bond acceptors (Lipinski definition) is 3. The number of hydrogen-bond donors (Lipinski definition) is 0. The van der Waals surface area contributed by atoms with Gasteiger partial charge in [0.05, 0.1) is 5.41 Å². The number of ketones is 1. The van der Waals surface area contributed by atoms with E-state index in [-0.39, 0.29) is 16.8 Å². The molecule has 0 saturated carbocycles. The highest BCUT2D eigenvalue weighted by molar-refractivity contribution is 9.09. The lowest BCUT2D eigenvalue weighted by atomic mass is 9.90. The van der Waals surface area contributed by atoms with Crippen LogP contribution in [0, 0.1) is 5.41 Å². The lowest BCUT2D eigenvalue weighted by Crippen LogP contribution is -2.36. The van der Waals surface area contributed by atoms with Gasteiger partial charge in [-0.1, -0.05) is 31.5 Å². The van der Waals surface area contributed by atoms with Crippen LogP contribution in [0.2, 0.25) is 5.15 Å². The van der Waals surface area contributed by atoms with E-state index in [1.165, 1.54) is 13.8 Å². The quantitative estimate of drug-likeness (QED) is 0.615. The van der Waals surface area contributed by atoms with E-state index >= 15 is 0 Å². The largest absolute Gasteiger partial charge is 0.454 e. The first-order valence-electron chi connectivity index (χ1n) is 4.90. The van der Waals surface area contributed by atoms with Crippen molar-refractivity contribution in [3.8, 4) is 5.88 Å². The molecule has 0 aliphatic rings. The number of nitrogens with zero attached hydrogens (tertiary/aromatic N) is 1. The predicted octanol–water partition coefficient (Wildman–Crippen LogP) is 3.40. The maximum Gasteiger partial charge on any atom is 0.216 e. The summed E-state index contributed by atoms with van der Waals surface area (Å²) < 4.78 is 17.9. The molecule has 0 aromatic carbocycles. The molecule has 1 aromatic rings. The summed E-state index contributed by atoms with van der Waals surface area (Å²) in [5.41, 5.74) is -1.09. The third-order valence-corrected chi connectivity index (χ3v) is 2.93. The first kappa shape index (κ1) is 14.4. The molecule has 0 radical (unpaired) electrons. The van der Waals surface area contributed by atoms with Crippen molar-refractivity contribution < 1.29 is 13.9 Å². The second-order valence-corrected chi connectivity index (χ2v) is 5.33. The van der Waals surface area contributed by atoms with Crippen LogP contribution in [0.4, 0.5) is 4.39 Å². The fraction of sp³-hybridized carbons (Fsp3) is 0.455. The van der Waals surface area contributed by atoms with Crippen LogP contribution < -0.4 is 4.74 Å². The van der Waals surface area contributed by atoms with E-state index in [2.05, 4.69) is 20.9 Å². The molecule has 17 heavy (non-hydrogen) atoms. The molecular weight excluding hydrogens is 312 g/mol. The Morgan fingerprint density at radius 2 is 2.29 bits per heavy atom. The maximum atomic E-state index is 12.7. The molecule has 0 fully saturated rings. The van der Waals surface area contributed by atoms with Crippen molar-refractivity contribution in [2.45, 2.75) is 18.9 Å². The molecule has 1 heterocycles. The van der Waals surface area contributed by atoms with Crippen LogP contribution in [0.1, 0.15) is 13.8 Å². The van der Waals surface area contributed by atoms with Crippen LogP contribution in [0.5, 0.6) is 5.88 Å². The second-order valence-electron chi connectivity index (χ2n) is 4.11. The molecule has 1 rings (SSSR count). The van der Waals surface area contributed by atoms with E-state index in [1.54, 1.807) is 18.2 Å². The smallest absolute Gasteiger partial charge is 0.216 e.